The maximum absolute atomic E-state index is 13.2. The Morgan fingerprint density at radius 2 is 1.91 bits per heavy atom. The first-order chi connectivity index (χ1) is 15.6. The molecule has 0 aliphatic carbocycles. The number of pyridine rings is 1. The molecule has 6 rings (SSSR count). The number of para-hydroxylation sites is 1. The van der Waals surface area contributed by atoms with Crippen molar-refractivity contribution in [2.45, 2.75) is 18.9 Å². The second-order valence-electron chi connectivity index (χ2n) is 8.68. The van der Waals surface area contributed by atoms with Gasteiger partial charge in [0.1, 0.15) is 16.9 Å². The molecule has 0 unspecified atom stereocenters. The Balaban J connectivity index is 1.29. The second kappa shape index (κ2) is 7.15. The lowest BCUT2D eigenvalue weighted by Gasteiger charge is -2.42. The molecule has 2 atom stereocenters. The number of amides is 2. The molecule has 162 valence electrons. The van der Waals surface area contributed by atoms with Gasteiger partial charge in [-0.1, -0.05) is 24.3 Å². The molecule has 1 N–H and O–H groups in total. The van der Waals surface area contributed by atoms with Crippen LogP contribution in [-0.2, 0) is 6.54 Å². The van der Waals surface area contributed by atoms with Crippen LogP contribution in [0.4, 0.5) is 10.5 Å². The summed E-state index contributed by atoms with van der Waals surface area (Å²) >= 11 is 0. The van der Waals surface area contributed by atoms with E-state index in [4.69, 9.17) is 9.15 Å². The lowest BCUT2D eigenvalue weighted by atomic mass is 9.83. The van der Waals surface area contributed by atoms with Gasteiger partial charge >= 0.3 is 6.03 Å². The normalized spacial score (nSPS) is 19.7. The van der Waals surface area contributed by atoms with Gasteiger partial charge < -0.3 is 23.9 Å². The summed E-state index contributed by atoms with van der Waals surface area (Å²) in [5.41, 5.74) is 3.14. The predicted molar refractivity (Wildman–Crippen MR) is 122 cm³/mol. The Kier molecular flexibility index (Phi) is 4.24. The van der Waals surface area contributed by atoms with E-state index in [1.807, 2.05) is 51.9 Å². The summed E-state index contributed by atoms with van der Waals surface area (Å²) in [6, 6.07) is 16.8. The number of rotatable bonds is 2. The maximum Gasteiger partial charge on any atom is 0.321 e. The number of benzene rings is 2. The summed E-state index contributed by atoms with van der Waals surface area (Å²) in [5, 5.41) is 4.99. The van der Waals surface area contributed by atoms with Crippen LogP contribution in [0.15, 0.2) is 63.8 Å². The number of carbonyl (C=O) groups is 1. The molecule has 2 aromatic carbocycles. The van der Waals surface area contributed by atoms with E-state index < -0.39 is 0 Å². The smallest absolute Gasteiger partial charge is 0.321 e. The molecule has 7 nitrogen and oxygen atoms in total. The van der Waals surface area contributed by atoms with Gasteiger partial charge in [-0.2, -0.15) is 0 Å². The van der Waals surface area contributed by atoms with E-state index in [1.165, 1.54) is 0 Å². The summed E-state index contributed by atoms with van der Waals surface area (Å²) < 4.78 is 13.4. The molecule has 0 spiro atoms. The van der Waals surface area contributed by atoms with Gasteiger partial charge in [-0.3, -0.25) is 4.79 Å². The summed E-state index contributed by atoms with van der Waals surface area (Å²) in [7, 11) is 1.60. The minimum Gasteiger partial charge on any atom is -0.495 e. The fourth-order valence-corrected chi connectivity index (χ4v) is 5.27. The van der Waals surface area contributed by atoms with Gasteiger partial charge in [0.25, 0.3) is 5.56 Å². The van der Waals surface area contributed by atoms with E-state index in [-0.39, 0.29) is 23.4 Å². The Morgan fingerprint density at radius 1 is 1.03 bits per heavy atom. The molecule has 4 heterocycles. The number of nitrogens with zero attached hydrogens (tertiary/aromatic N) is 2. The van der Waals surface area contributed by atoms with Crippen LogP contribution < -0.4 is 15.6 Å². The fraction of sp³-hybridized carbons (Fsp3) is 0.280. The van der Waals surface area contributed by atoms with Crippen LogP contribution in [0.2, 0.25) is 0 Å². The molecular formula is C25H23N3O4. The first kappa shape index (κ1) is 19.0. The van der Waals surface area contributed by atoms with Gasteiger partial charge in [-0.05, 0) is 30.5 Å². The van der Waals surface area contributed by atoms with Gasteiger partial charge in [0.05, 0.1) is 12.8 Å². The predicted octanol–water partition coefficient (Wildman–Crippen LogP) is 4.41. The van der Waals surface area contributed by atoms with E-state index >= 15 is 0 Å². The van der Waals surface area contributed by atoms with Crippen LogP contribution in [0.25, 0.3) is 21.9 Å². The molecule has 1 saturated heterocycles. The largest absolute Gasteiger partial charge is 0.495 e. The van der Waals surface area contributed by atoms with Crippen molar-refractivity contribution in [1.29, 1.82) is 0 Å². The molecule has 32 heavy (non-hydrogen) atoms. The highest BCUT2D eigenvalue weighted by Crippen LogP contribution is 2.38. The van der Waals surface area contributed by atoms with E-state index in [0.717, 1.165) is 28.5 Å². The van der Waals surface area contributed by atoms with Gasteiger partial charge in [-0.25, -0.2) is 4.79 Å². The average Bonchev–Trinajstić information content (AvgIpc) is 3.16. The van der Waals surface area contributed by atoms with Crippen molar-refractivity contribution in [3.05, 3.63) is 70.6 Å². The number of nitrogens with one attached hydrogen (secondary N) is 1. The second-order valence-corrected chi connectivity index (χ2v) is 8.68. The third-order valence-electron chi connectivity index (χ3n) is 6.71. The van der Waals surface area contributed by atoms with Gasteiger partial charge in [0.15, 0.2) is 0 Å². The molecular weight excluding hydrogens is 406 g/mol. The molecule has 2 aliphatic heterocycles. The van der Waals surface area contributed by atoms with Crippen molar-refractivity contribution in [1.82, 2.24) is 9.47 Å². The first-order valence-corrected chi connectivity index (χ1v) is 10.9. The van der Waals surface area contributed by atoms with Crippen LogP contribution in [0.1, 0.15) is 18.0 Å². The maximum atomic E-state index is 13.2. The zero-order valence-electron chi connectivity index (χ0n) is 17.7. The van der Waals surface area contributed by atoms with E-state index in [1.54, 1.807) is 19.2 Å². The molecule has 2 bridgehead atoms. The fourth-order valence-electron chi connectivity index (χ4n) is 5.27. The van der Waals surface area contributed by atoms with Crippen molar-refractivity contribution in [3.8, 4) is 5.75 Å². The summed E-state index contributed by atoms with van der Waals surface area (Å²) in [6.45, 7) is 1.86. The zero-order valence-corrected chi connectivity index (χ0v) is 17.7. The standard InChI is InChI=1S/C25H23N3O4/c1-31-23-10-18-17-5-2-3-7-21(17)32-22(18)11-19(23)26-25(30)27-12-15-9-16(14-27)20-6-4-8-24(29)28(20)13-15/h2-8,10-11,15-16H,9,12-14H2,1H3,(H,26,30)/t15-,16+/m0/s1. The highest BCUT2D eigenvalue weighted by molar-refractivity contribution is 6.07. The number of hydrogen-bond acceptors (Lipinski definition) is 4. The minimum atomic E-state index is -0.166. The van der Waals surface area contributed by atoms with E-state index in [9.17, 15) is 9.59 Å². The Bertz CT molecular complexity index is 1420. The molecule has 7 heteroatoms. The number of aromatic nitrogens is 1. The quantitative estimate of drug-likeness (QED) is 0.512. The number of methoxy groups -OCH3 is 1. The number of ether oxygens (including phenoxy) is 1. The number of urea groups is 1. The van der Waals surface area contributed by atoms with Crippen LogP contribution in [0, 0.1) is 5.92 Å². The number of likely N-dealkylation sites (tertiary alicyclic amines) is 1. The Morgan fingerprint density at radius 3 is 2.78 bits per heavy atom. The lowest BCUT2D eigenvalue weighted by Crippen LogP contribution is -2.50. The highest BCUT2D eigenvalue weighted by Gasteiger charge is 2.36. The Labute approximate surface area is 184 Å². The van der Waals surface area contributed by atoms with E-state index in [0.29, 0.717) is 36.7 Å². The van der Waals surface area contributed by atoms with Crippen molar-refractivity contribution in [2.24, 2.45) is 5.92 Å². The van der Waals surface area contributed by atoms with Crippen molar-refractivity contribution < 1.29 is 13.9 Å². The SMILES string of the molecule is COc1cc2c(cc1NC(=O)N1C[C@@H]3C[C@H](C1)c1cccc(=O)n1C3)oc1ccccc12. The highest BCUT2D eigenvalue weighted by atomic mass is 16.5. The number of hydrogen-bond donors (Lipinski definition) is 1. The van der Waals surface area contributed by atoms with Gasteiger partial charge in [0, 0.05) is 54.2 Å². The van der Waals surface area contributed by atoms with Gasteiger partial charge in [-0.15, -0.1) is 0 Å². The monoisotopic (exact) mass is 429 g/mol. The summed E-state index contributed by atoms with van der Waals surface area (Å²) in [6.07, 6.45) is 1.00. The molecule has 2 aliphatic rings. The molecule has 0 radical (unpaired) electrons. The Hall–Kier alpha value is -3.74. The summed E-state index contributed by atoms with van der Waals surface area (Å²) in [5.74, 6) is 1.03. The zero-order chi connectivity index (χ0) is 21.8. The number of carbonyl (C=O) groups excluding carboxylic acids is 1. The van der Waals surface area contributed by atoms with Gasteiger partial charge in [0.2, 0.25) is 0 Å². The molecule has 2 amide bonds. The van der Waals surface area contributed by atoms with E-state index in [2.05, 4.69) is 5.32 Å². The number of fused-ring (bicyclic) bond motifs is 7. The number of anilines is 1. The summed E-state index contributed by atoms with van der Waals surface area (Å²) in [4.78, 5) is 27.3. The van der Waals surface area contributed by atoms with Crippen molar-refractivity contribution >= 4 is 33.7 Å². The third-order valence-corrected chi connectivity index (χ3v) is 6.71. The average molecular weight is 429 g/mol. The van der Waals surface area contributed by atoms with Crippen molar-refractivity contribution in [2.75, 3.05) is 25.5 Å². The molecule has 0 saturated carbocycles. The van der Waals surface area contributed by atoms with Crippen molar-refractivity contribution in [3.63, 3.8) is 0 Å². The molecule has 2 aromatic heterocycles. The van der Waals surface area contributed by atoms with Crippen LogP contribution in [-0.4, -0.2) is 35.7 Å². The number of furan rings is 1. The topological polar surface area (TPSA) is 76.7 Å². The number of piperidine rings is 1. The first-order valence-electron chi connectivity index (χ1n) is 10.9. The molecule has 4 aromatic rings. The minimum absolute atomic E-state index is 0.0407. The lowest BCUT2D eigenvalue weighted by molar-refractivity contribution is 0.139. The van der Waals surface area contributed by atoms with Crippen LogP contribution in [0.3, 0.4) is 0 Å². The van der Waals surface area contributed by atoms with Crippen LogP contribution >= 0.6 is 0 Å². The molecule has 1 fully saturated rings. The third kappa shape index (κ3) is 2.96. The van der Waals surface area contributed by atoms with Crippen LogP contribution in [0.5, 0.6) is 5.75 Å².